The maximum atomic E-state index is 12.6. The standard InChI is InChI=1S/C21H25N3O4/c1-5-24(12-14-8-6-7-9-17(14)26-2)13-20-22-16-11-19(28-4)18(27-3)10-15(16)21(25)23-20/h6-11H,5,12-13H2,1-4H3,(H,22,23,25). The van der Waals surface area contributed by atoms with Crippen LogP contribution in [0.5, 0.6) is 17.2 Å². The number of aromatic amines is 1. The van der Waals surface area contributed by atoms with Crippen LogP contribution >= 0.6 is 0 Å². The van der Waals surface area contributed by atoms with Crippen molar-refractivity contribution in [1.82, 2.24) is 14.9 Å². The molecule has 0 unspecified atom stereocenters. The number of hydrogen-bond acceptors (Lipinski definition) is 6. The van der Waals surface area contributed by atoms with E-state index >= 15 is 0 Å². The molecule has 0 amide bonds. The Bertz CT molecular complexity index is 1020. The molecule has 0 radical (unpaired) electrons. The van der Waals surface area contributed by atoms with Crippen LogP contribution in [-0.2, 0) is 13.1 Å². The summed E-state index contributed by atoms with van der Waals surface area (Å²) in [6.07, 6.45) is 0. The molecule has 0 aliphatic rings. The summed E-state index contributed by atoms with van der Waals surface area (Å²) in [5.41, 5.74) is 1.46. The normalized spacial score (nSPS) is 11.0. The van der Waals surface area contributed by atoms with Crippen LogP contribution in [0.1, 0.15) is 18.3 Å². The van der Waals surface area contributed by atoms with Crippen LogP contribution in [-0.4, -0.2) is 42.7 Å². The molecule has 0 bridgehead atoms. The van der Waals surface area contributed by atoms with Gasteiger partial charge in [0.2, 0.25) is 0 Å². The van der Waals surface area contributed by atoms with E-state index in [-0.39, 0.29) is 5.56 Å². The molecule has 1 heterocycles. The number of ether oxygens (including phenoxy) is 3. The molecule has 28 heavy (non-hydrogen) atoms. The lowest BCUT2D eigenvalue weighted by Crippen LogP contribution is -2.25. The summed E-state index contributed by atoms with van der Waals surface area (Å²) in [5.74, 6) is 2.49. The highest BCUT2D eigenvalue weighted by atomic mass is 16.5. The number of rotatable bonds is 8. The van der Waals surface area contributed by atoms with Gasteiger partial charge < -0.3 is 19.2 Å². The number of H-pyrrole nitrogens is 1. The van der Waals surface area contributed by atoms with Crippen LogP contribution < -0.4 is 19.8 Å². The van der Waals surface area contributed by atoms with Crippen LogP contribution in [0.3, 0.4) is 0 Å². The number of fused-ring (bicyclic) bond motifs is 1. The number of aromatic nitrogens is 2. The Kier molecular flexibility index (Phi) is 6.16. The SMILES string of the molecule is CCN(Cc1nc2cc(OC)c(OC)cc2c(=O)[nH]1)Cc1ccccc1OC. The van der Waals surface area contributed by atoms with E-state index < -0.39 is 0 Å². The van der Waals surface area contributed by atoms with Crippen LogP contribution in [0.25, 0.3) is 10.9 Å². The summed E-state index contributed by atoms with van der Waals surface area (Å²) in [4.78, 5) is 22.3. The zero-order valence-electron chi connectivity index (χ0n) is 16.6. The van der Waals surface area contributed by atoms with Crippen molar-refractivity contribution in [3.05, 3.63) is 58.1 Å². The van der Waals surface area contributed by atoms with Crippen LogP contribution in [0.15, 0.2) is 41.2 Å². The predicted octanol–water partition coefficient (Wildman–Crippen LogP) is 2.97. The zero-order valence-corrected chi connectivity index (χ0v) is 16.6. The van der Waals surface area contributed by atoms with E-state index in [1.807, 2.05) is 24.3 Å². The van der Waals surface area contributed by atoms with Gasteiger partial charge in [-0.1, -0.05) is 25.1 Å². The van der Waals surface area contributed by atoms with Crippen molar-refractivity contribution in [3.63, 3.8) is 0 Å². The fraction of sp³-hybridized carbons (Fsp3) is 0.333. The van der Waals surface area contributed by atoms with Gasteiger partial charge in [0.1, 0.15) is 11.6 Å². The van der Waals surface area contributed by atoms with Crippen molar-refractivity contribution in [2.45, 2.75) is 20.0 Å². The van der Waals surface area contributed by atoms with E-state index in [2.05, 4.69) is 21.8 Å². The van der Waals surface area contributed by atoms with Gasteiger partial charge >= 0.3 is 0 Å². The third-order valence-electron chi connectivity index (χ3n) is 4.67. The molecule has 2 aromatic carbocycles. The molecule has 7 nitrogen and oxygen atoms in total. The van der Waals surface area contributed by atoms with Crippen molar-refractivity contribution < 1.29 is 14.2 Å². The quantitative estimate of drug-likeness (QED) is 0.644. The van der Waals surface area contributed by atoms with E-state index in [9.17, 15) is 4.79 Å². The molecule has 0 saturated heterocycles. The molecule has 1 aromatic heterocycles. The third kappa shape index (κ3) is 4.09. The molecule has 0 atom stereocenters. The first-order valence-corrected chi connectivity index (χ1v) is 9.08. The smallest absolute Gasteiger partial charge is 0.258 e. The summed E-state index contributed by atoms with van der Waals surface area (Å²) in [5, 5.41) is 0.467. The lowest BCUT2D eigenvalue weighted by atomic mass is 10.2. The summed E-state index contributed by atoms with van der Waals surface area (Å²) in [6.45, 7) is 4.07. The second kappa shape index (κ2) is 8.75. The zero-order chi connectivity index (χ0) is 20.1. The highest BCUT2D eigenvalue weighted by molar-refractivity contribution is 5.81. The van der Waals surface area contributed by atoms with E-state index in [0.717, 1.165) is 17.9 Å². The summed E-state index contributed by atoms with van der Waals surface area (Å²) in [6, 6.07) is 11.3. The monoisotopic (exact) mass is 383 g/mol. The summed E-state index contributed by atoms with van der Waals surface area (Å²) < 4.78 is 16.0. The molecule has 0 spiro atoms. The number of benzene rings is 2. The predicted molar refractivity (Wildman–Crippen MR) is 108 cm³/mol. The Balaban J connectivity index is 1.91. The first-order chi connectivity index (χ1) is 13.6. The Morgan fingerprint density at radius 2 is 1.64 bits per heavy atom. The molecule has 0 aliphatic carbocycles. The van der Waals surface area contributed by atoms with Crippen LogP contribution in [0, 0.1) is 0 Å². The largest absolute Gasteiger partial charge is 0.496 e. The highest BCUT2D eigenvalue weighted by Gasteiger charge is 2.14. The van der Waals surface area contributed by atoms with E-state index in [1.165, 1.54) is 7.11 Å². The summed E-state index contributed by atoms with van der Waals surface area (Å²) >= 11 is 0. The van der Waals surface area contributed by atoms with Crippen molar-refractivity contribution in [1.29, 1.82) is 0 Å². The van der Waals surface area contributed by atoms with Crippen LogP contribution in [0.4, 0.5) is 0 Å². The number of nitrogens with zero attached hydrogens (tertiary/aromatic N) is 2. The summed E-state index contributed by atoms with van der Waals surface area (Å²) in [7, 11) is 4.76. The molecule has 0 saturated carbocycles. The van der Waals surface area contributed by atoms with E-state index in [4.69, 9.17) is 14.2 Å². The van der Waals surface area contributed by atoms with E-state index in [0.29, 0.717) is 41.3 Å². The Morgan fingerprint density at radius 1 is 0.964 bits per heavy atom. The van der Waals surface area contributed by atoms with Crippen LogP contribution in [0.2, 0.25) is 0 Å². The first-order valence-electron chi connectivity index (χ1n) is 9.08. The topological polar surface area (TPSA) is 76.7 Å². The molecule has 148 valence electrons. The van der Waals surface area contributed by atoms with Gasteiger partial charge in [0, 0.05) is 18.2 Å². The minimum Gasteiger partial charge on any atom is -0.496 e. The number of nitrogens with one attached hydrogen (secondary N) is 1. The number of para-hydroxylation sites is 1. The lowest BCUT2D eigenvalue weighted by Gasteiger charge is -2.21. The Morgan fingerprint density at radius 3 is 2.32 bits per heavy atom. The van der Waals surface area contributed by atoms with Gasteiger partial charge in [-0.25, -0.2) is 4.98 Å². The fourth-order valence-electron chi connectivity index (χ4n) is 3.16. The number of hydrogen-bond donors (Lipinski definition) is 1. The van der Waals surface area contributed by atoms with Gasteiger partial charge in [0.05, 0.1) is 38.8 Å². The van der Waals surface area contributed by atoms with Gasteiger partial charge in [-0.15, -0.1) is 0 Å². The molecule has 3 aromatic rings. The fourth-order valence-corrected chi connectivity index (χ4v) is 3.16. The molecule has 0 fully saturated rings. The van der Waals surface area contributed by atoms with Crippen molar-refractivity contribution in [2.24, 2.45) is 0 Å². The number of methoxy groups -OCH3 is 3. The van der Waals surface area contributed by atoms with Gasteiger partial charge in [-0.05, 0) is 18.7 Å². The first kappa shape index (κ1) is 19.7. The second-order valence-corrected chi connectivity index (χ2v) is 6.35. The van der Waals surface area contributed by atoms with Crippen molar-refractivity contribution >= 4 is 10.9 Å². The molecule has 3 rings (SSSR count). The molecular formula is C21H25N3O4. The lowest BCUT2D eigenvalue weighted by molar-refractivity contribution is 0.260. The average molecular weight is 383 g/mol. The van der Waals surface area contributed by atoms with E-state index in [1.54, 1.807) is 26.4 Å². The Labute approximate surface area is 163 Å². The molecule has 7 heteroatoms. The Hall–Kier alpha value is -3.06. The van der Waals surface area contributed by atoms with Gasteiger partial charge in [-0.2, -0.15) is 0 Å². The third-order valence-corrected chi connectivity index (χ3v) is 4.67. The van der Waals surface area contributed by atoms with Gasteiger partial charge in [0.25, 0.3) is 5.56 Å². The average Bonchev–Trinajstić information content (AvgIpc) is 2.72. The van der Waals surface area contributed by atoms with Gasteiger partial charge in [0.15, 0.2) is 11.5 Å². The molecular weight excluding hydrogens is 358 g/mol. The minimum absolute atomic E-state index is 0.200. The second-order valence-electron chi connectivity index (χ2n) is 6.35. The highest BCUT2D eigenvalue weighted by Crippen LogP contribution is 2.30. The molecule has 0 aliphatic heterocycles. The van der Waals surface area contributed by atoms with Crippen molar-refractivity contribution in [3.8, 4) is 17.2 Å². The van der Waals surface area contributed by atoms with Gasteiger partial charge in [-0.3, -0.25) is 9.69 Å². The maximum absolute atomic E-state index is 12.6. The minimum atomic E-state index is -0.200. The maximum Gasteiger partial charge on any atom is 0.258 e. The van der Waals surface area contributed by atoms with Crippen molar-refractivity contribution in [2.75, 3.05) is 27.9 Å². The molecule has 1 N–H and O–H groups in total.